The summed E-state index contributed by atoms with van der Waals surface area (Å²) < 4.78 is 9.60. The van der Waals surface area contributed by atoms with Crippen molar-refractivity contribution >= 4 is 35.0 Å². The van der Waals surface area contributed by atoms with Crippen molar-refractivity contribution in [1.29, 1.82) is 0 Å². The van der Waals surface area contributed by atoms with Gasteiger partial charge in [0.1, 0.15) is 12.7 Å². The minimum absolute atomic E-state index is 0. The quantitative estimate of drug-likeness (QED) is 0.295. The van der Waals surface area contributed by atoms with Gasteiger partial charge in [-0.1, -0.05) is 6.58 Å². The summed E-state index contributed by atoms with van der Waals surface area (Å²) in [7, 11) is 0. The van der Waals surface area contributed by atoms with E-state index in [0.717, 1.165) is 0 Å². The Morgan fingerprint density at radius 1 is 1.69 bits per heavy atom. The molecule has 0 spiro atoms. The number of esters is 1. The summed E-state index contributed by atoms with van der Waals surface area (Å²) in [6, 6.07) is 0. The normalized spacial score (nSPS) is 16.0. The molecule has 1 unspecified atom stereocenters. The second-order valence-electron chi connectivity index (χ2n) is 2.93. The van der Waals surface area contributed by atoms with Gasteiger partial charge in [-0.15, -0.1) is 0 Å². The molecule has 1 fully saturated rings. The minimum Gasteiger partial charge on any atom is -1.00 e. The first kappa shape index (κ1) is 17.8. The third kappa shape index (κ3) is 11.4. The molecular weight excluding hydrogens is 226 g/mol. The molecule has 1 aliphatic rings. The zero-order chi connectivity index (χ0) is 11.8. The third-order valence-corrected chi connectivity index (χ3v) is 1.33. The van der Waals surface area contributed by atoms with E-state index in [-0.39, 0.29) is 44.5 Å². The Bertz CT molecular complexity index is 261. The molecule has 3 N–H and O–H groups in total. The van der Waals surface area contributed by atoms with Gasteiger partial charge in [-0.25, -0.2) is 4.79 Å². The fourth-order valence-electron chi connectivity index (χ4n) is 0.456. The van der Waals surface area contributed by atoms with Gasteiger partial charge in [0.15, 0.2) is 0 Å². The van der Waals surface area contributed by atoms with Crippen molar-refractivity contribution in [3.05, 3.63) is 12.2 Å². The summed E-state index contributed by atoms with van der Waals surface area (Å²) in [5, 5.41) is 7.60. The number of nitrogens with two attached hydrogens (primary N) is 1. The van der Waals surface area contributed by atoms with Gasteiger partial charge in [0.2, 0.25) is 0 Å². The predicted octanol–water partition coefficient (Wildman–Crippen LogP) is -0.622. The van der Waals surface area contributed by atoms with Crippen molar-refractivity contribution in [2.75, 3.05) is 19.8 Å². The van der Waals surface area contributed by atoms with Crippen molar-refractivity contribution in [1.82, 2.24) is 0 Å². The number of rotatable bonds is 4. The molecule has 16 heavy (non-hydrogen) atoms. The molecule has 1 saturated heterocycles. The number of epoxide rings is 1. The molecule has 0 bridgehead atoms. The Kier molecular flexibility index (Phi) is 10.6. The molecule has 1 heterocycles. The van der Waals surface area contributed by atoms with Crippen LogP contribution in [0.5, 0.6) is 0 Å². The summed E-state index contributed by atoms with van der Waals surface area (Å²) in [4.78, 5) is 19.9. The van der Waals surface area contributed by atoms with Crippen LogP contribution in [0.25, 0.3) is 0 Å². The summed E-state index contributed by atoms with van der Waals surface area (Å²) in [6.45, 7) is 5.86. The zero-order valence-electron chi connectivity index (χ0n) is 11.3. The molecule has 7 heteroatoms. The molecule has 0 aromatic rings. The third-order valence-electron chi connectivity index (χ3n) is 1.33. The summed E-state index contributed by atoms with van der Waals surface area (Å²) in [5.74, 6) is -1.31. The van der Waals surface area contributed by atoms with Crippen LogP contribution in [0.4, 0.5) is 0 Å². The van der Waals surface area contributed by atoms with Gasteiger partial charge in [-0.3, -0.25) is 4.79 Å². The fraction of sp³-hybridized carbons (Fsp3) is 0.556. The number of carboxylic acids is 1. The predicted molar refractivity (Wildman–Crippen MR) is 60.2 cm³/mol. The molecule has 0 aromatic heterocycles. The minimum atomic E-state index is -0.968. The van der Waals surface area contributed by atoms with Crippen molar-refractivity contribution in [3.8, 4) is 0 Å². The fourth-order valence-corrected chi connectivity index (χ4v) is 0.456. The Morgan fingerprint density at radius 3 is 2.38 bits per heavy atom. The van der Waals surface area contributed by atoms with E-state index in [1.54, 1.807) is 6.92 Å². The molecule has 0 aliphatic carbocycles. The van der Waals surface area contributed by atoms with E-state index in [1.807, 2.05) is 0 Å². The van der Waals surface area contributed by atoms with Crippen molar-refractivity contribution < 1.29 is 27.0 Å². The smallest absolute Gasteiger partial charge is 1.00 e. The molecule has 0 amide bonds. The van der Waals surface area contributed by atoms with Crippen LogP contribution in [-0.2, 0) is 19.1 Å². The van der Waals surface area contributed by atoms with Gasteiger partial charge in [0.05, 0.1) is 13.2 Å². The van der Waals surface area contributed by atoms with E-state index in [2.05, 4.69) is 12.3 Å². The van der Waals surface area contributed by atoms with Crippen LogP contribution in [-0.4, -0.2) is 66.0 Å². The maximum absolute atomic E-state index is 10.7. The van der Waals surface area contributed by atoms with Crippen LogP contribution < -0.4 is 5.73 Å². The van der Waals surface area contributed by atoms with Gasteiger partial charge in [0, 0.05) is 5.57 Å². The first-order chi connectivity index (χ1) is 6.97. The topological polar surface area (TPSA) is 102 Å². The van der Waals surface area contributed by atoms with E-state index in [1.165, 1.54) is 0 Å². The Labute approximate surface area is 113 Å². The van der Waals surface area contributed by atoms with E-state index in [9.17, 15) is 9.59 Å². The second kappa shape index (κ2) is 9.58. The summed E-state index contributed by atoms with van der Waals surface area (Å²) in [6.07, 6.45) is 0.142. The van der Waals surface area contributed by atoms with Gasteiger partial charge >= 0.3 is 35.0 Å². The molecule has 0 saturated carbocycles. The molecule has 0 aromatic carbocycles. The first-order valence-electron chi connectivity index (χ1n) is 4.33. The molecule has 6 nitrogen and oxygen atoms in total. The maximum atomic E-state index is 10.7. The molecule has 0 radical (unpaired) electrons. The van der Waals surface area contributed by atoms with Crippen LogP contribution in [0, 0.1) is 0 Å². The van der Waals surface area contributed by atoms with Crippen LogP contribution in [0.15, 0.2) is 12.2 Å². The number of carbonyl (C=O) groups excluding carboxylic acids is 1. The van der Waals surface area contributed by atoms with Gasteiger partial charge in [-0.05, 0) is 6.92 Å². The van der Waals surface area contributed by atoms with Crippen LogP contribution >= 0.6 is 0 Å². The number of hydrogen-bond acceptors (Lipinski definition) is 5. The van der Waals surface area contributed by atoms with Crippen molar-refractivity contribution in [3.63, 3.8) is 0 Å². The Morgan fingerprint density at radius 2 is 2.12 bits per heavy atom. The van der Waals surface area contributed by atoms with Gasteiger partial charge in [-0.2, -0.15) is 0 Å². The molecule has 1 atom stereocenters. The Hall–Kier alpha value is -0.634. The first-order valence-corrected chi connectivity index (χ1v) is 4.33. The number of carbonyl (C=O) groups is 2. The Balaban J connectivity index is -0.000000109. The van der Waals surface area contributed by atoms with E-state index >= 15 is 0 Å². The summed E-state index contributed by atoms with van der Waals surface area (Å²) in [5.41, 5.74) is 5.00. The second-order valence-corrected chi connectivity index (χ2v) is 2.93. The van der Waals surface area contributed by atoms with Crippen LogP contribution in [0.2, 0.25) is 0 Å². The largest absolute Gasteiger partial charge is 2.00 e. The average Bonchev–Trinajstić information content (AvgIpc) is 2.98. The van der Waals surface area contributed by atoms with Crippen LogP contribution in [0.3, 0.4) is 0 Å². The standard InChI is InChI=1S/C7H10O3.C2H5NO2.Mg.2H/c1-5(2)7(8)10-4-6-3-9-6;3-1-2(4)5;;;/h6H,1,3-4H2,2H3;1,3H2,(H,4,5);;;/q;;+2;2*-1. The van der Waals surface area contributed by atoms with Gasteiger partial charge in [0.25, 0.3) is 0 Å². The van der Waals surface area contributed by atoms with E-state index in [0.29, 0.717) is 18.8 Å². The number of carboxylic acid groups (broad SMARTS) is 1. The number of aliphatic carboxylic acids is 1. The van der Waals surface area contributed by atoms with Gasteiger partial charge < -0.3 is 23.2 Å². The van der Waals surface area contributed by atoms with E-state index < -0.39 is 5.97 Å². The van der Waals surface area contributed by atoms with Crippen molar-refractivity contribution in [2.45, 2.75) is 13.0 Å². The van der Waals surface area contributed by atoms with Crippen LogP contribution in [0.1, 0.15) is 9.78 Å². The molecular formula is C9H17MgNO5. The monoisotopic (exact) mass is 243 g/mol. The maximum Gasteiger partial charge on any atom is 2.00 e. The zero-order valence-corrected chi connectivity index (χ0v) is 10.7. The molecule has 90 valence electrons. The van der Waals surface area contributed by atoms with Crippen molar-refractivity contribution in [2.24, 2.45) is 5.73 Å². The molecule has 1 aliphatic heterocycles. The average molecular weight is 244 g/mol. The SMILES string of the molecule is C=C(C)C(=O)OCC1CO1.NCC(=O)O.[H-].[H-].[Mg+2]. The number of ether oxygens (including phenoxy) is 2. The van der Waals surface area contributed by atoms with E-state index in [4.69, 9.17) is 14.6 Å². The molecule has 1 rings (SSSR count). The number of hydrogen-bond donors (Lipinski definition) is 2. The summed E-state index contributed by atoms with van der Waals surface area (Å²) >= 11 is 0.